The molecule has 1 heterocycles. The van der Waals surface area contributed by atoms with Gasteiger partial charge in [0.2, 0.25) is 0 Å². The fourth-order valence-electron chi connectivity index (χ4n) is 2.41. The number of carbonyl (C=O) groups excluding carboxylic acids is 1. The lowest BCUT2D eigenvalue weighted by atomic mass is 10.0. The first-order chi connectivity index (χ1) is 8.61. The summed E-state index contributed by atoms with van der Waals surface area (Å²) in [4.78, 5) is 11.9. The smallest absolute Gasteiger partial charge is 0.308 e. The second-order valence-electron chi connectivity index (χ2n) is 6.69. The van der Waals surface area contributed by atoms with Crippen molar-refractivity contribution in [3.05, 3.63) is 0 Å². The molecule has 0 bridgehead atoms. The fourth-order valence-corrected chi connectivity index (χ4v) is 2.41. The third-order valence-corrected chi connectivity index (χ3v) is 2.85. The summed E-state index contributed by atoms with van der Waals surface area (Å²) in [7, 11) is 0. The quantitative estimate of drug-likeness (QED) is 0.735. The summed E-state index contributed by atoms with van der Waals surface area (Å²) in [5.41, 5.74) is -0.444. The van der Waals surface area contributed by atoms with Crippen molar-refractivity contribution in [1.29, 1.82) is 0 Å². The molecule has 0 radical (unpaired) electrons. The molecule has 1 fully saturated rings. The van der Waals surface area contributed by atoms with Crippen LogP contribution in [0.15, 0.2) is 0 Å². The Bertz CT molecular complexity index is 304. The van der Waals surface area contributed by atoms with Crippen LogP contribution in [0.3, 0.4) is 0 Å². The predicted octanol–water partition coefficient (Wildman–Crippen LogP) is 3.43. The molecule has 2 unspecified atom stereocenters. The highest BCUT2D eigenvalue weighted by atomic mass is 16.7. The molecule has 1 rings (SSSR count). The molecule has 0 N–H and O–H groups in total. The van der Waals surface area contributed by atoms with Crippen LogP contribution < -0.4 is 0 Å². The van der Waals surface area contributed by atoms with Gasteiger partial charge in [0.1, 0.15) is 5.60 Å². The first kappa shape index (κ1) is 16.4. The van der Waals surface area contributed by atoms with Gasteiger partial charge in [0, 0.05) is 6.42 Å². The average molecular weight is 272 g/mol. The summed E-state index contributed by atoms with van der Waals surface area (Å²) in [6.45, 7) is 11.6. The molecule has 1 aliphatic rings. The normalized spacial score (nSPS) is 27.1. The first-order valence-electron chi connectivity index (χ1n) is 7.19. The van der Waals surface area contributed by atoms with Crippen molar-refractivity contribution in [2.45, 2.75) is 90.8 Å². The highest BCUT2D eigenvalue weighted by Gasteiger charge is 2.36. The number of ether oxygens (including phenoxy) is 3. The van der Waals surface area contributed by atoms with Gasteiger partial charge in [0.25, 0.3) is 0 Å². The van der Waals surface area contributed by atoms with Crippen molar-refractivity contribution >= 4 is 5.97 Å². The third kappa shape index (κ3) is 6.39. The van der Waals surface area contributed by atoms with Gasteiger partial charge in [-0.15, -0.1) is 0 Å². The number of hydrogen-bond acceptors (Lipinski definition) is 4. The van der Waals surface area contributed by atoms with Gasteiger partial charge in [-0.05, 0) is 41.0 Å². The van der Waals surface area contributed by atoms with Crippen LogP contribution in [-0.4, -0.2) is 29.6 Å². The Morgan fingerprint density at radius 2 is 1.84 bits per heavy atom. The summed E-state index contributed by atoms with van der Waals surface area (Å²) in [5, 5.41) is 0. The molecule has 0 aromatic rings. The standard InChI is InChI=1S/C15H28O4/c1-7-8-11-9-12(18-15(5,6)17-11)10-13(16)19-14(2,3)4/h11-12H,7-10H2,1-6H3. The van der Waals surface area contributed by atoms with Crippen LogP contribution in [0.25, 0.3) is 0 Å². The number of carbonyl (C=O) groups is 1. The monoisotopic (exact) mass is 272 g/mol. The Balaban J connectivity index is 2.54. The van der Waals surface area contributed by atoms with Gasteiger partial charge in [0.15, 0.2) is 5.79 Å². The van der Waals surface area contributed by atoms with Crippen LogP contribution in [-0.2, 0) is 19.0 Å². The minimum absolute atomic E-state index is 0.116. The zero-order valence-electron chi connectivity index (χ0n) is 13.1. The van der Waals surface area contributed by atoms with E-state index in [1.807, 2.05) is 34.6 Å². The van der Waals surface area contributed by atoms with E-state index in [9.17, 15) is 4.79 Å². The Kier molecular flexibility index (Phi) is 5.39. The molecule has 0 aliphatic carbocycles. The van der Waals surface area contributed by atoms with Crippen molar-refractivity contribution in [2.75, 3.05) is 0 Å². The fraction of sp³-hybridized carbons (Fsp3) is 0.933. The van der Waals surface area contributed by atoms with E-state index in [1.54, 1.807) is 0 Å². The van der Waals surface area contributed by atoms with Gasteiger partial charge in [-0.25, -0.2) is 0 Å². The van der Waals surface area contributed by atoms with Crippen molar-refractivity contribution in [3.63, 3.8) is 0 Å². The molecule has 0 aromatic heterocycles. The molecular formula is C15H28O4. The summed E-state index contributed by atoms with van der Waals surface area (Å²) >= 11 is 0. The van der Waals surface area contributed by atoms with E-state index >= 15 is 0 Å². The number of hydrogen-bond donors (Lipinski definition) is 0. The summed E-state index contributed by atoms with van der Waals surface area (Å²) in [6, 6.07) is 0. The van der Waals surface area contributed by atoms with E-state index < -0.39 is 11.4 Å². The minimum Gasteiger partial charge on any atom is -0.460 e. The highest BCUT2D eigenvalue weighted by Crippen LogP contribution is 2.30. The van der Waals surface area contributed by atoms with Gasteiger partial charge >= 0.3 is 5.97 Å². The van der Waals surface area contributed by atoms with Gasteiger partial charge in [-0.3, -0.25) is 4.79 Å². The largest absolute Gasteiger partial charge is 0.460 e. The van der Waals surface area contributed by atoms with Gasteiger partial charge in [0.05, 0.1) is 18.6 Å². The summed E-state index contributed by atoms with van der Waals surface area (Å²) < 4.78 is 17.0. The van der Waals surface area contributed by atoms with Crippen LogP contribution in [0.4, 0.5) is 0 Å². The molecule has 4 nitrogen and oxygen atoms in total. The predicted molar refractivity (Wildman–Crippen MR) is 73.8 cm³/mol. The second-order valence-corrected chi connectivity index (χ2v) is 6.69. The minimum atomic E-state index is -0.620. The highest BCUT2D eigenvalue weighted by molar-refractivity contribution is 5.70. The van der Waals surface area contributed by atoms with Crippen LogP contribution in [0.1, 0.15) is 67.2 Å². The Labute approximate surface area is 116 Å². The maximum Gasteiger partial charge on any atom is 0.308 e. The Morgan fingerprint density at radius 1 is 1.26 bits per heavy atom. The lowest BCUT2D eigenvalue weighted by Crippen LogP contribution is -2.45. The molecule has 2 atom stereocenters. The van der Waals surface area contributed by atoms with Crippen LogP contribution in [0.2, 0.25) is 0 Å². The molecular weight excluding hydrogens is 244 g/mol. The summed E-state index contributed by atoms with van der Waals surface area (Å²) in [5.74, 6) is -0.824. The zero-order chi connectivity index (χ0) is 14.7. The zero-order valence-corrected chi connectivity index (χ0v) is 13.1. The maximum absolute atomic E-state index is 11.9. The Hall–Kier alpha value is -0.610. The van der Waals surface area contributed by atoms with E-state index in [1.165, 1.54) is 0 Å². The first-order valence-corrected chi connectivity index (χ1v) is 7.19. The van der Waals surface area contributed by atoms with Gasteiger partial charge < -0.3 is 14.2 Å². The van der Waals surface area contributed by atoms with E-state index in [0.717, 1.165) is 19.3 Å². The number of esters is 1. The molecule has 0 saturated carbocycles. The van der Waals surface area contributed by atoms with Crippen molar-refractivity contribution < 1.29 is 19.0 Å². The van der Waals surface area contributed by atoms with Crippen molar-refractivity contribution in [2.24, 2.45) is 0 Å². The molecule has 0 spiro atoms. The van der Waals surface area contributed by atoms with E-state index in [0.29, 0.717) is 6.42 Å². The average Bonchev–Trinajstić information content (AvgIpc) is 2.10. The molecule has 19 heavy (non-hydrogen) atoms. The Morgan fingerprint density at radius 3 is 2.37 bits per heavy atom. The molecule has 1 aliphatic heterocycles. The van der Waals surface area contributed by atoms with Crippen molar-refractivity contribution in [1.82, 2.24) is 0 Å². The molecule has 1 saturated heterocycles. The second kappa shape index (κ2) is 6.23. The van der Waals surface area contributed by atoms with Crippen LogP contribution >= 0.6 is 0 Å². The maximum atomic E-state index is 11.9. The molecule has 112 valence electrons. The van der Waals surface area contributed by atoms with Gasteiger partial charge in [-0.2, -0.15) is 0 Å². The molecule has 0 amide bonds. The molecule has 0 aromatic carbocycles. The lowest BCUT2D eigenvalue weighted by molar-refractivity contribution is -0.300. The molecule has 4 heteroatoms. The number of rotatable bonds is 4. The third-order valence-electron chi connectivity index (χ3n) is 2.85. The van der Waals surface area contributed by atoms with E-state index in [4.69, 9.17) is 14.2 Å². The lowest BCUT2D eigenvalue weighted by Gasteiger charge is -2.40. The SMILES string of the molecule is CCCC1CC(CC(=O)OC(C)(C)C)OC(C)(C)O1. The summed E-state index contributed by atoms with van der Waals surface area (Å²) in [6.07, 6.45) is 3.18. The van der Waals surface area contributed by atoms with Gasteiger partial charge in [-0.1, -0.05) is 13.3 Å². The van der Waals surface area contributed by atoms with E-state index in [-0.39, 0.29) is 18.2 Å². The van der Waals surface area contributed by atoms with E-state index in [2.05, 4.69) is 6.92 Å². The topological polar surface area (TPSA) is 44.8 Å². The van der Waals surface area contributed by atoms with Crippen LogP contribution in [0, 0.1) is 0 Å². The van der Waals surface area contributed by atoms with Crippen LogP contribution in [0.5, 0.6) is 0 Å². The van der Waals surface area contributed by atoms with Crippen molar-refractivity contribution in [3.8, 4) is 0 Å².